The molecule has 1 aliphatic heterocycles. The summed E-state index contributed by atoms with van der Waals surface area (Å²) in [4.78, 5) is 30.1. The number of carbonyl (C=O) groups is 2. The molecule has 2 N–H and O–H groups in total. The molecule has 1 saturated heterocycles. The van der Waals surface area contributed by atoms with Gasteiger partial charge in [0.15, 0.2) is 5.96 Å². The van der Waals surface area contributed by atoms with Crippen molar-refractivity contribution in [2.24, 2.45) is 4.99 Å². The van der Waals surface area contributed by atoms with Crippen LogP contribution in [0.15, 0.2) is 29.3 Å². The lowest BCUT2D eigenvalue weighted by Crippen LogP contribution is -2.43. The molecule has 0 aliphatic carbocycles. The van der Waals surface area contributed by atoms with Gasteiger partial charge in [0.05, 0.1) is 6.54 Å². The Morgan fingerprint density at radius 2 is 2.04 bits per heavy atom. The maximum absolute atomic E-state index is 12.2. The fourth-order valence-electron chi connectivity index (χ4n) is 2.47. The largest absolute Gasteiger partial charge is 0.435 e. The molecule has 0 unspecified atom stereocenters. The number of ether oxygens (including phenoxy) is 1. The van der Waals surface area contributed by atoms with Crippen LogP contribution in [-0.4, -0.2) is 68.0 Å². The van der Waals surface area contributed by atoms with Crippen molar-refractivity contribution in [3.05, 3.63) is 29.8 Å². The number of amides is 3. The van der Waals surface area contributed by atoms with E-state index in [1.54, 1.807) is 19.2 Å². The number of alkyl halides is 2. The summed E-state index contributed by atoms with van der Waals surface area (Å²) < 4.78 is 28.6. The highest BCUT2D eigenvalue weighted by Gasteiger charge is 2.27. The summed E-state index contributed by atoms with van der Waals surface area (Å²) in [5.41, 5.74) is 0.881. The van der Waals surface area contributed by atoms with Gasteiger partial charge in [-0.3, -0.25) is 14.7 Å². The number of urea groups is 1. The van der Waals surface area contributed by atoms with E-state index in [0.29, 0.717) is 19.0 Å². The molecule has 150 valence electrons. The smallest absolute Gasteiger partial charge is 0.387 e. The highest BCUT2D eigenvalue weighted by molar-refractivity contribution is 14.0. The highest BCUT2D eigenvalue weighted by atomic mass is 127. The van der Waals surface area contributed by atoms with Crippen molar-refractivity contribution >= 4 is 41.9 Å². The third kappa shape index (κ3) is 6.81. The first-order valence-corrected chi connectivity index (χ1v) is 7.94. The molecule has 0 saturated carbocycles. The van der Waals surface area contributed by atoms with Crippen LogP contribution >= 0.6 is 24.0 Å². The first kappa shape index (κ1) is 22.9. The van der Waals surface area contributed by atoms with Gasteiger partial charge in [0.25, 0.3) is 0 Å². The van der Waals surface area contributed by atoms with Crippen molar-refractivity contribution in [2.45, 2.75) is 13.2 Å². The monoisotopic (exact) mass is 497 g/mol. The molecule has 1 heterocycles. The van der Waals surface area contributed by atoms with Crippen molar-refractivity contribution in [1.82, 2.24) is 20.4 Å². The van der Waals surface area contributed by atoms with E-state index in [1.165, 1.54) is 12.1 Å². The van der Waals surface area contributed by atoms with Crippen LogP contribution in [0.2, 0.25) is 0 Å². The lowest BCUT2D eigenvalue weighted by atomic mass is 10.2. The van der Waals surface area contributed by atoms with Gasteiger partial charge in [0.2, 0.25) is 5.91 Å². The van der Waals surface area contributed by atoms with E-state index < -0.39 is 12.6 Å². The Hall–Kier alpha value is -2.18. The molecule has 1 fully saturated rings. The standard InChI is InChI=1S/C16H21F2N5O3.HI/c1-19-15(20-7-8-23-13(24)9-21-16(23)25)22(2)10-11-3-5-12(6-4-11)26-14(17)18;/h3-6,14H,7-10H2,1-2H3,(H,19,20)(H,21,25);1H. The molecule has 1 aliphatic rings. The molecular weight excluding hydrogens is 475 g/mol. The van der Waals surface area contributed by atoms with E-state index in [0.717, 1.165) is 10.5 Å². The van der Waals surface area contributed by atoms with Gasteiger partial charge in [-0.15, -0.1) is 24.0 Å². The van der Waals surface area contributed by atoms with Crippen molar-refractivity contribution in [3.8, 4) is 5.75 Å². The van der Waals surface area contributed by atoms with Crippen LogP contribution < -0.4 is 15.4 Å². The summed E-state index contributed by atoms with van der Waals surface area (Å²) in [6, 6.07) is 5.93. The molecule has 1 aromatic carbocycles. The van der Waals surface area contributed by atoms with Crippen LogP contribution in [0, 0.1) is 0 Å². The van der Waals surface area contributed by atoms with E-state index in [4.69, 9.17) is 0 Å². The zero-order chi connectivity index (χ0) is 19.1. The second kappa shape index (κ2) is 10.8. The number of halogens is 3. The van der Waals surface area contributed by atoms with Crippen molar-refractivity contribution in [1.29, 1.82) is 0 Å². The van der Waals surface area contributed by atoms with Crippen molar-refractivity contribution in [2.75, 3.05) is 33.7 Å². The summed E-state index contributed by atoms with van der Waals surface area (Å²) in [7, 11) is 3.43. The average molecular weight is 497 g/mol. The first-order valence-electron chi connectivity index (χ1n) is 7.94. The van der Waals surface area contributed by atoms with Crippen molar-refractivity contribution < 1.29 is 23.1 Å². The minimum atomic E-state index is -2.85. The van der Waals surface area contributed by atoms with E-state index in [-0.39, 0.29) is 48.7 Å². The first-order chi connectivity index (χ1) is 12.4. The molecule has 11 heteroatoms. The maximum atomic E-state index is 12.2. The van der Waals surface area contributed by atoms with E-state index in [2.05, 4.69) is 20.4 Å². The normalized spacial score (nSPS) is 14.1. The molecule has 0 bridgehead atoms. The zero-order valence-corrected chi connectivity index (χ0v) is 17.3. The SMILES string of the molecule is CN=C(NCCN1C(=O)CNC1=O)N(C)Cc1ccc(OC(F)F)cc1.I. The molecule has 0 radical (unpaired) electrons. The lowest BCUT2D eigenvalue weighted by molar-refractivity contribution is -0.124. The lowest BCUT2D eigenvalue weighted by Gasteiger charge is -2.23. The Morgan fingerprint density at radius 1 is 1.37 bits per heavy atom. The molecule has 8 nitrogen and oxygen atoms in total. The van der Waals surface area contributed by atoms with Crippen LogP contribution in [0.25, 0.3) is 0 Å². The number of hydrogen-bond acceptors (Lipinski definition) is 4. The molecule has 1 aromatic rings. The van der Waals surface area contributed by atoms with Crippen LogP contribution in [-0.2, 0) is 11.3 Å². The molecule has 0 atom stereocenters. The average Bonchev–Trinajstić information content (AvgIpc) is 2.91. The van der Waals surface area contributed by atoms with Gasteiger partial charge in [-0.05, 0) is 17.7 Å². The second-order valence-corrected chi connectivity index (χ2v) is 5.56. The molecule has 0 spiro atoms. The van der Waals surface area contributed by atoms with E-state index >= 15 is 0 Å². The number of nitrogens with zero attached hydrogens (tertiary/aromatic N) is 3. The fourth-order valence-corrected chi connectivity index (χ4v) is 2.47. The van der Waals surface area contributed by atoms with Crippen LogP contribution in [0.5, 0.6) is 5.75 Å². The summed E-state index contributed by atoms with van der Waals surface area (Å²) in [6.07, 6.45) is 0. The summed E-state index contributed by atoms with van der Waals surface area (Å²) in [5.74, 6) is 0.415. The second-order valence-electron chi connectivity index (χ2n) is 5.56. The Morgan fingerprint density at radius 3 is 2.56 bits per heavy atom. The molecule has 0 aromatic heterocycles. The van der Waals surface area contributed by atoms with Gasteiger partial charge in [-0.1, -0.05) is 12.1 Å². The number of benzene rings is 1. The number of aliphatic imine (C=N–C) groups is 1. The predicted octanol–water partition coefficient (Wildman–Crippen LogP) is 1.46. The van der Waals surface area contributed by atoms with Crippen molar-refractivity contribution in [3.63, 3.8) is 0 Å². The van der Waals surface area contributed by atoms with Gasteiger partial charge < -0.3 is 20.3 Å². The van der Waals surface area contributed by atoms with Gasteiger partial charge in [-0.25, -0.2) is 4.79 Å². The fraction of sp³-hybridized carbons (Fsp3) is 0.438. The van der Waals surface area contributed by atoms with Gasteiger partial charge in [0, 0.05) is 33.7 Å². The Kier molecular flexibility index (Phi) is 9.18. The molecule has 3 amide bonds. The van der Waals surface area contributed by atoms with E-state index in [1.807, 2.05) is 11.9 Å². The molecule has 2 rings (SSSR count). The third-order valence-electron chi connectivity index (χ3n) is 3.70. The number of rotatable bonds is 7. The van der Waals surface area contributed by atoms with Gasteiger partial charge in [-0.2, -0.15) is 8.78 Å². The Labute approximate surface area is 173 Å². The number of hydrogen-bond donors (Lipinski definition) is 2. The minimum absolute atomic E-state index is 0. The quantitative estimate of drug-likeness (QED) is 0.258. The zero-order valence-electron chi connectivity index (χ0n) is 14.9. The van der Waals surface area contributed by atoms with Gasteiger partial charge >= 0.3 is 12.6 Å². The van der Waals surface area contributed by atoms with E-state index in [9.17, 15) is 18.4 Å². The summed E-state index contributed by atoms with van der Waals surface area (Å²) >= 11 is 0. The number of imide groups is 1. The number of guanidine groups is 1. The van der Waals surface area contributed by atoms with Crippen LogP contribution in [0.1, 0.15) is 5.56 Å². The topological polar surface area (TPSA) is 86.3 Å². The molecule has 27 heavy (non-hydrogen) atoms. The Bertz CT molecular complexity index is 657. The number of carbonyl (C=O) groups excluding carboxylic acids is 2. The molecular formula is C16H22F2IN5O3. The minimum Gasteiger partial charge on any atom is -0.435 e. The predicted molar refractivity (Wildman–Crippen MR) is 106 cm³/mol. The number of nitrogens with one attached hydrogen (secondary N) is 2. The highest BCUT2D eigenvalue weighted by Crippen LogP contribution is 2.15. The van der Waals surface area contributed by atoms with Gasteiger partial charge in [0.1, 0.15) is 5.75 Å². The third-order valence-corrected chi connectivity index (χ3v) is 3.70. The summed E-state index contributed by atoms with van der Waals surface area (Å²) in [5, 5.41) is 5.53. The van der Waals surface area contributed by atoms with Crippen LogP contribution in [0.3, 0.4) is 0 Å². The summed E-state index contributed by atoms with van der Waals surface area (Å²) in [6.45, 7) is -1.75. The Balaban J connectivity index is 0.00000364. The maximum Gasteiger partial charge on any atom is 0.387 e. The van der Waals surface area contributed by atoms with Crippen LogP contribution in [0.4, 0.5) is 13.6 Å².